The highest BCUT2D eigenvalue weighted by atomic mass is 35.5. The van der Waals surface area contributed by atoms with Crippen LogP contribution in [-0.2, 0) is 9.59 Å². The van der Waals surface area contributed by atoms with E-state index in [0.29, 0.717) is 18.8 Å². The number of carboxylic acid groups (broad SMARTS) is 1. The summed E-state index contributed by atoms with van der Waals surface area (Å²) in [5.74, 6) is 0.0685. The molecule has 0 spiro atoms. The lowest BCUT2D eigenvalue weighted by molar-refractivity contribution is -0.149. The van der Waals surface area contributed by atoms with Crippen molar-refractivity contribution in [1.29, 1.82) is 0 Å². The molecule has 3 rings (SSSR count). The molecule has 0 radical (unpaired) electrons. The fraction of sp³-hybridized carbons (Fsp3) is 0.556. The minimum absolute atomic E-state index is 0. The molecule has 2 fully saturated rings. The van der Waals surface area contributed by atoms with Crippen LogP contribution < -0.4 is 10.1 Å². The van der Waals surface area contributed by atoms with Crippen LogP contribution in [0, 0.1) is 11.3 Å². The molecule has 3 atom stereocenters. The van der Waals surface area contributed by atoms with Gasteiger partial charge in [-0.15, -0.1) is 12.4 Å². The largest absolute Gasteiger partial charge is 0.497 e. The first kappa shape index (κ1) is 19.5. The molecule has 138 valence electrons. The third kappa shape index (κ3) is 3.60. The predicted octanol–water partition coefficient (Wildman–Crippen LogP) is 2.63. The SMILES string of the molecule is COc1ccc(NC(=O)C(C)N2C[C@@H]3CCC[C@@]3(C(=O)O)C2)cc1.Cl. The van der Waals surface area contributed by atoms with E-state index in [1.165, 1.54) is 0 Å². The van der Waals surface area contributed by atoms with Crippen LogP contribution in [0.2, 0.25) is 0 Å². The Hall–Kier alpha value is -1.79. The zero-order chi connectivity index (χ0) is 17.3. The van der Waals surface area contributed by atoms with Crippen molar-refractivity contribution in [2.45, 2.75) is 32.2 Å². The number of rotatable bonds is 5. The number of nitrogens with zero attached hydrogens (tertiary/aromatic N) is 1. The van der Waals surface area contributed by atoms with Gasteiger partial charge in [0.15, 0.2) is 0 Å². The molecule has 2 N–H and O–H groups in total. The van der Waals surface area contributed by atoms with Gasteiger partial charge in [-0.25, -0.2) is 0 Å². The van der Waals surface area contributed by atoms with Crippen LogP contribution >= 0.6 is 12.4 Å². The van der Waals surface area contributed by atoms with E-state index in [0.717, 1.165) is 25.0 Å². The Morgan fingerprint density at radius 3 is 2.60 bits per heavy atom. The summed E-state index contributed by atoms with van der Waals surface area (Å²) in [7, 11) is 1.60. The molecular weight excluding hydrogens is 344 g/mol. The standard InChI is InChI=1S/C18H24N2O4.ClH/c1-12(16(21)19-14-5-7-15(24-2)8-6-14)20-10-13-4-3-9-18(13,11-20)17(22)23;/h5-8,12-13H,3-4,9-11H2,1-2H3,(H,19,21)(H,22,23);1H/t12?,13-,18+;/m0./s1. The maximum atomic E-state index is 12.5. The number of carbonyl (C=O) groups excluding carboxylic acids is 1. The first-order valence-electron chi connectivity index (χ1n) is 8.38. The van der Waals surface area contributed by atoms with Crippen molar-refractivity contribution >= 4 is 30.0 Å². The minimum atomic E-state index is -0.713. The number of nitrogens with one attached hydrogen (secondary N) is 1. The van der Waals surface area contributed by atoms with Crippen LogP contribution in [0.15, 0.2) is 24.3 Å². The van der Waals surface area contributed by atoms with E-state index >= 15 is 0 Å². The average Bonchev–Trinajstić information content (AvgIpc) is 3.13. The number of hydrogen-bond donors (Lipinski definition) is 2. The van der Waals surface area contributed by atoms with E-state index in [-0.39, 0.29) is 30.3 Å². The van der Waals surface area contributed by atoms with E-state index < -0.39 is 11.4 Å². The molecule has 1 aliphatic carbocycles. The van der Waals surface area contributed by atoms with Crippen molar-refractivity contribution in [3.05, 3.63) is 24.3 Å². The second-order valence-electron chi connectivity index (χ2n) is 6.87. The normalized spacial score (nSPS) is 26.4. The number of aliphatic carboxylic acids is 1. The topological polar surface area (TPSA) is 78.9 Å². The summed E-state index contributed by atoms with van der Waals surface area (Å²) in [6.07, 6.45) is 2.63. The van der Waals surface area contributed by atoms with Crippen LogP contribution in [0.25, 0.3) is 0 Å². The number of carbonyl (C=O) groups is 2. The Bertz CT molecular complexity index is 636. The smallest absolute Gasteiger partial charge is 0.311 e. The number of methoxy groups -OCH3 is 1. The van der Waals surface area contributed by atoms with Gasteiger partial charge in [0, 0.05) is 18.8 Å². The molecule has 1 aliphatic heterocycles. The molecule has 7 heteroatoms. The third-order valence-corrected chi connectivity index (χ3v) is 5.61. The first-order valence-corrected chi connectivity index (χ1v) is 8.38. The van der Waals surface area contributed by atoms with Crippen molar-refractivity contribution in [1.82, 2.24) is 4.90 Å². The van der Waals surface area contributed by atoms with Crippen molar-refractivity contribution < 1.29 is 19.4 Å². The van der Waals surface area contributed by atoms with Crippen LogP contribution in [0.5, 0.6) is 5.75 Å². The van der Waals surface area contributed by atoms with Crippen molar-refractivity contribution in [3.8, 4) is 5.75 Å². The summed E-state index contributed by atoms with van der Waals surface area (Å²) in [5.41, 5.74) is 0.0502. The molecule has 6 nitrogen and oxygen atoms in total. The quantitative estimate of drug-likeness (QED) is 0.835. The summed E-state index contributed by atoms with van der Waals surface area (Å²) in [6.45, 7) is 2.99. The van der Waals surface area contributed by atoms with E-state index in [1.807, 2.05) is 11.8 Å². The third-order valence-electron chi connectivity index (χ3n) is 5.61. The summed E-state index contributed by atoms with van der Waals surface area (Å²) >= 11 is 0. The molecule has 0 bridgehead atoms. The first-order chi connectivity index (χ1) is 11.5. The molecule has 2 aliphatic rings. The summed E-state index contributed by atoms with van der Waals surface area (Å²) in [6, 6.07) is 6.82. The van der Waals surface area contributed by atoms with E-state index in [2.05, 4.69) is 5.32 Å². The van der Waals surface area contributed by atoms with Gasteiger partial charge in [0.2, 0.25) is 5.91 Å². The van der Waals surface area contributed by atoms with Crippen molar-refractivity contribution in [2.24, 2.45) is 11.3 Å². The Morgan fingerprint density at radius 2 is 2.04 bits per heavy atom. The Kier molecular flexibility index (Phi) is 5.95. The maximum Gasteiger partial charge on any atom is 0.311 e. The molecule has 1 aromatic carbocycles. The number of amides is 1. The van der Waals surface area contributed by atoms with Gasteiger partial charge in [-0.2, -0.15) is 0 Å². The maximum absolute atomic E-state index is 12.5. The highest BCUT2D eigenvalue weighted by Gasteiger charge is 2.55. The molecule has 1 unspecified atom stereocenters. The van der Waals surface area contributed by atoms with Gasteiger partial charge < -0.3 is 15.2 Å². The lowest BCUT2D eigenvalue weighted by atomic mass is 9.81. The number of carboxylic acids is 1. The Balaban J connectivity index is 0.00000225. The predicted molar refractivity (Wildman–Crippen MR) is 97.3 cm³/mol. The van der Waals surface area contributed by atoms with Crippen LogP contribution in [0.3, 0.4) is 0 Å². The molecule has 1 amide bonds. The minimum Gasteiger partial charge on any atom is -0.497 e. The molecule has 0 aromatic heterocycles. The van der Waals surface area contributed by atoms with E-state index in [1.54, 1.807) is 31.4 Å². The second kappa shape index (κ2) is 7.62. The van der Waals surface area contributed by atoms with Gasteiger partial charge >= 0.3 is 5.97 Å². The zero-order valence-corrected chi connectivity index (χ0v) is 15.3. The number of anilines is 1. The highest BCUT2D eigenvalue weighted by Crippen LogP contribution is 2.49. The number of halogens is 1. The average molecular weight is 369 g/mol. The second-order valence-corrected chi connectivity index (χ2v) is 6.87. The van der Waals surface area contributed by atoms with Gasteiger partial charge in [-0.05, 0) is 49.9 Å². The van der Waals surface area contributed by atoms with Gasteiger partial charge in [0.1, 0.15) is 5.75 Å². The van der Waals surface area contributed by atoms with Crippen LogP contribution in [0.1, 0.15) is 26.2 Å². The van der Waals surface area contributed by atoms with Crippen molar-refractivity contribution in [2.75, 3.05) is 25.5 Å². The van der Waals surface area contributed by atoms with E-state index in [4.69, 9.17) is 4.74 Å². The highest BCUT2D eigenvalue weighted by molar-refractivity contribution is 5.94. The van der Waals surface area contributed by atoms with Crippen LogP contribution in [0.4, 0.5) is 5.69 Å². The van der Waals surface area contributed by atoms with Crippen molar-refractivity contribution in [3.63, 3.8) is 0 Å². The number of ether oxygens (including phenoxy) is 1. The molecular formula is C18H25ClN2O4. The summed E-state index contributed by atoms with van der Waals surface area (Å²) in [5, 5.41) is 12.6. The van der Waals surface area contributed by atoms with E-state index in [9.17, 15) is 14.7 Å². The van der Waals surface area contributed by atoms with Gasteiger partial charge in [-0.1, -0.05) is 6.42 Å². The zero-order valence-electron chi connectivity index (χ0n) is 14.5. The fourth-order valence-electron chi connectivity index (χ4n) is 4.06. The Labute approximate surface area is 153 Å². The summed E-state index contributed by atoms with van der Waals surface area (Å²) in [4.78, 5) is 26.3. The number of benzene rings is 1. The Morgan fingerprint density at radius 1 is 1.36 bits per heavy atom. The molecule has 25 heavy (non-hydrogen) atoms. The summed E-state index contributed by atoms with van der Waals surface area (Å²) < 4.78 is 5.10. The number of fused-ring (bicyclic) bond motifs is 1. The van der Waals surface area contributed by atoms with Gasteiger partial charge in [0.25, 0.3) is 0 Å². The van der Waals surface area contributed by atoms with Gasteiger partial charge in [-0.3, -0.25) is 14.5 Å². The number of likely N-dealkylation sites (tertiary alicyclic amines) is 1. The lowest BCUT2D eigenvalue weighted by Crippen LogP contribution is -2.43. The monoisotopic (exact) mass is 368 g/mol. The number of hydrogen-bond acceptors (Lipinski definition) is 4. The van der Waals surface area contributed by atoms with Gasteiger partial charge in [0.05, 0.1) is 18.6 Å². The lowest BCUT2D eigenvalue weighted by Gasteiger charge is -2.26. The molecule has 1 heterocycles. The molecule has 1 aromatic rings. The fourth-order valence-corrected chi connectivity index (χ4v) is 4.06. The molecule has 1 saturated carbocycles. The van der Waals surface area contributed by atoms with Crippen LogP contribution in [-0.4, -0.2) is 48.1 Å². The molecule has 1 saturated heterocycles.